The molecule has 4 rings (SSSR count). The monoisotopic (exact) mass is 381 g/mol. The first-order valence-corrected chi connectivity index (χ1v) is 9.37. The predicted molar refractivity (Wildman–Crippen MR) is 102 cm³/mol. The molecule has 1 fully saturated rings. The number of aromatic nitrogens is 2. The molecule has 0 radical (unpaired) electrons. The van der Waals surface area contributed by atoms with Gasteiger partial charge in [-0.25, -0.2) is 4.98 Å². The number of fused-ring (bicyclic) bond motifs is 2. The van der Waals surface area contributed by atoms with Crippen LogP contribution in [0.1, 0.15) is 37.2 Å². The van der Waals surface area contributed by atoms with Crippen LogP contribution < -0.4 is 10.6 Å². The van der Waals surface area contributed by atoms with E-state index in [2.05, 4.69) is 15.6 Å². The minimum absolute atomic E-state index is 0.0983. The van der Waals surface area contributed by atoms with Gasteiger partial charge in [-0.1, -0.05) is 18.2 Å². The average molecular weight is 381 g/mol. The highest BCUT2D eigenvalue weighted by atomic mass is 16.2. The minimum Gasteiger partial charge on any atom is -0.356 e. The number of amides is 3. The van der Waals surface area contributed by atoms with Crippen molar-refractivity contribution in [3.05, 3.63) is 48.0 Å². The molecule has 0 bridgehead atoms. The molecule has 2 N–H and O–H groups in total. The van der Waals surface area contributed by atoms with E-state index in [1.54, 1.807) is 11.1 Å². The van der Waals surface area contributed by atoms with Crippen LogP contribution in [0.25, 0.3) is 0 Å². The number of aryl methyl sites for hydroxylation is 1. The third kappa shape index (κ3) is 2.67. The van der Waals surface area contributed by atoms with E-state index >= 15 is 0 Å². The summed E-state index contributed by atoms with van der Waals surface area (Å²) in [6, 6.07) is 7.14. The molecule has 3 amide bonds. The van der Waals surface area contributed by atoms with Crippen LogP contribution >= 0.6 is 0 Å². The number of hydrogen-bond donors (Lipinski definition) is 2. The fourth-order valence-electron chi connectivity index (χ4n) is 4.44. The lowest BCUT2D eigenvalue weighted by Crippen LogP contribution is -2.44. The van der Waals surface area contributed by atoms with E-state index in [1.807, 2.05) is 42.1 Å². The van der Waals surface area contributed by atoms with Gasteiger partial charge in [0.05, 0.1) is 0 Å². The van der Waals surface area contributed by atoms with Gasteiger partial charge >= 0.3 is 0 Å². The third-order valence-corrected chi connectivity index (χ3v) is 5.72. The first-order chi connectivity index (χ1) is 13.4. The van der Waals surface area contributed by atoms with Crippen LogP contribution in [0.2, 0.25) is 0 Å². The summed E-state index contributed by atoms with van der Waals surface area (Å²) >= 11 is 0. The molecule has 0 unspecified atom stereocenters. The van der Waals surface area contributed by atoms with Gasteiger partial charge in [-0.05, 0) is 18.1 Å². The highest BCUT2D eigenvalue weighted by Crippen LogP contribution is 2.54. The van der Waals surface area contributed by atoms with E-state index in [0.717, 1.165) is 11.3 Å². The number of imidazole rings is 1. The molecule has 2 aromatic rings. The van der Waals surface area contributed by atoms with Crippen molar-refractivity contribution in [2.75, 3.05) is 18.4 Å². The van der Waals surface area contributed by atoms with Crippen LogP contribution in [0.5, 0.6) is 0 Å². The Morgan fingerprint density at radius 1 is 1.36 bits per heavy atom. The van der Waals surface area contributed by atoms with Crippen LogP contribution in [0.4, 0.5) is 5.69 Å². The SMILES string of the molecule is CC(=O)NCCC(=O)N1CC[C@]2(C(=O)Nc3ccccc32)[C@@H]1c1nccn1C. The summed E-state index contributed by atoms with van der Waals surface area (Å²) in [4.78, 5) is 43.6. The second-order valence-corrected chi connectivity index (χ2v) is 7.34. The van der Waals surface area contributed by atoms with E-state index < -0.39 is 11.5 Å². The first-order valence-electron chi connectivity index (χ1n) is 9.37. The number of nitrogens with zero attached hydrogens (tertiary/aromatic N) is 3. The molecule has 8 nitrogen and oxygen atoms in total. The molecule has 8 heteroatoms. The van der Waals surface area contributed by atoms with Gasteiger partial charge in [0.1, 0.15) is 17.3 Å². The van der Waals surface area contributed by atoms with Crippen molar-refractivity contribution in [3.8, 4) is 0 Å². The number of hydrogen-bond acceptors (Lipinski definition) is 4. The largest absolute Gasteiger partial charge is 0.356 e. The summed E-state index contributed by atoms with van der Waals surface area (Å²) in [5, 5.41) is 5.65. The van der Waals surface area contributed by atoms with Crippen molar-refractivity contribution >= 4 is 23.4 Å². The predicted octanol–water partition coefficient (Wildman–Crippen LogP) is 1.11. The fraction of sp³-hybridized carbons (Fsp3) is 0.400. The molecule has 3 heterocycles. The van der Waals surface area contributed by atoms with Crippen molar-refractivity contribution < 1.29 is 14.4 Å². The molecule has 0 aliphatic carbocycles. The third-order valence-electron chi connectivity index (χ3n) is 5.72. The van der Waals surface area contributed by atoms with Gasteiger partial charge in [-0.2, -0.15) is 0 Å². The standard InChI is InChI=1S/C20H23N5O3/c1-13(26)21-9-7-16(27)25-11-8-20(17(25)18-22-10-12-24(18)2)14-5-3-4-6-15(14)23-19(20)28/h3-6,10,12,17H,7-9,11H2,1-2H3,(H,21,26)(H,23,28)/t17-,20+/m0/s1. The zero-order valence-electron chi connectivity index (χ0n) is 15.9. The van der Waals surface area contributed by atoms with E-state index in [4.69, 9.17) is 0 Å². The molecule has 1 aromatic carbocycles. The van der Waals surface area contributed by atoms with Crippen LogP contribution in [0.3, 0.4) is 0 Å². The number of likely N-dealkylation sites (tertiary alicyclic amines) is 1. The molecule has 0 saturated carbocycles. The Balaban J connectivity index is 1.75. The maximum absolute atomic E-state index is 13.2. The molecule has 2 aliphatic rings. The molecule has 2 aliphatic heterocycles. The lowest BCUT2D eigenvalue weighted by atomic mass is 9.74. The summed E-state index contributed by atoms with van der Waals surface area (Å²) in [5.74, 6) is 0.308. The summed E-state index contributed by atoms with van der Waals surface area (Å²) in [7, 11) is 1.87. The number of carbonyl (C=O) groups is 3. The van der Waals surface area contributed by atoms with Gasteiger partial charge in [0.15, 0.2) is 0 Å². The molecule has 1 aromatic heterocycles. The number of benzene rings is 1. The lowest BCUT2D eigenvalue weighted by molar-refractivity contribution is -0.133. The Hall–Kier alpha value is -3.16. The summed E-state index contributed by atoms with van der Waals surface area (Å²) in [6.07, 6.45) is 4.21. The maximum Gasteiger partial charge on any atom is 0.237 e. The Morgan fingerprint density at radius 3 is 2.86 bits per heavy atom. The Kier molecular flexibility index (Phi) is 4.41. The van der Waals surface area contributed by atoms with E-state index in [-0.39, 0.29) is 30.7 Å². The topological polar surface area (TPSA) is 96.3 Å². The van der Waals surface area contributed by atoms with Gasteiger partial charge in [0.2, 0.25) is 17.7 Å². The molecule has 1 saturated heterocycles. The van der Waals surface area contributed by atoms with Gasteiger partial charge in [0, 0.05) is 51.6 Å². The molecular formula is C20H23N5O3. The Bertz CT molecular complexity index is 953. The highest BCUT2D eigenvalue weighted by Gasteiger charge is 2.60. The summed E-state index contributed by atoms with van der Waals surface area (Å²) in [5.41, 5.74) is 0.837. The first kappa shape index (κ1) is 18.2. The van der Waals surface area contributed by atoms with Gasteiger partial charge in [-0.15, -0.1) is 0 Å². The molecular weight excluding hydrogens is 358 g/mol. The summed E-state index contributed by atoms with van der Waals surface area (Å²) < 4.78 is 1.86. The second kappa shape index (κ2) is 6.78. The maximum atomic E-state index is 13.2. The number of para-hydroxylation sites is 1. The van der Waals surface area contributed by atoms with Crippen LogP contribution in [-0.2, 0) is 26.8 Å². The molecule has 2 atom stereocenters. The van der Waals surface area contributed by atoms with E-state index in [9.17, 15) is 14.4 Å². The van der Waals surface area contributed by atoms with E-state index in [0.29, 0.717) is 18.8 Å². The highest BCUT2D eigenvalue weighted by molar-refractivity contribution is 6.07. The van der Waals surface area contributed by atoms with E-state index in [1.165, 1.54) is 6.92 Å². The number of carbonyl (C=O) groups excluding carboxylic acids is 3. The number of nitrogens with one attached hydrogen (secondary N) is 2. The Morgan fingerprint density at radius 2 is 2.14 bits per heavy atom. The summed E-state index contributed by atoms with van der Waals surface area (Å²) in [6.45, 7) is 2.15. The normalized spacial score (nSPS) is 23.0. The average Bonchev–Trinajstić information content (AvgIpc) is 3.32. The zero-order valence-corrected chi connectivity index (χ0v) is 15.9. The smallest absolute Gasteiger partial charge is 0.237 e. The Labute approximate surface area is 162 Å². The van der Waals surface area contributed by atoms with Gasteiger partial charge in [-0.3, -0.25) is 14.4 Å². The second-order valence-electron chi connectivity index (χ2n) is 7.34. The minimum atomic E-state index is -0.862. The zero-order chi connectivity index (χ0) is 19.9. The van der Waals surface area contributed by atoms with Crippen molar-refractivity contribution in [2.45, 2.75) is 31.2 Å². The number of anilines is 1. The van der Waals surface area contributed by atoms with Gasteiger partial charge < -0.3 is 20.1 Å². The van der Waals surface area contributed by atoms with Crippen molar-refractivity contribution in [3.63, 3.8) is 0 Å². The van der Waals surface area contributed by atoms with Crippen LogP contribution in [-0.4, -0.2) is 45.3 Å². The van der Waals surface area contributed by atoms with Gasteiger partial charge in [0.25, 0.3) is 0 Å². The lowest BCUT2D eigenvalue weighted by Gasteiger charge is -2.33. The fourth-order valence-corrected chi connectivity index (χ4v) is 4.44. The molecule has 1 spiro atoms. The molecule has 146 valence electrons. The van der Waals surface area contributed by atoms with Crippen molar-refractivity contribution in [1.82, 2.24) is 19.8 Å². The van der Waals surface area contributed by atoms with Crippen molar-refractivity contribution in [2.24, 2.45) is 7.05 Å². The van der Waals surface area contributed by atoms with Crippen LogP contribution in [0.15, 0.2) is 36.7 Å². The molecule has 28 heavy (non-hydrogen) atoms. The van der Waals surface area contributed by atoms with Crippen molar-refractivity contribution in [1.29, 1.82) is 0 Å². The quantitative estimate of drug-likeness (QED) is 0.829. The number of rotatable bonds is 4. The van der Waals surface area contributed by atoms with Crippen LogP contribution in [0, 0.1) is 0 Å².